The van der Waals surface area contributed by atoms with E-state index in [4.69, 9.17) is 19.9 Å². The van der Waals surface area contributed by atoms with E-state index in [1.165, 1.54) is 10.8 Å². The Balaban J connectivity index is 1.77. The van der Waals surface area contributed by atoms with Crippen molar-refractivity contribution in [1.29, 1.82) is 5.26 Å². The molecular formula is C17H21N5O5. The Hall–Kier alpha value is -2.90. The molecule has 4 atom stereocenters. The maximum Gasteiger partial charge on any atom is 0.508 e. The first-order valence-electron chi connectivity index (χ1n) is 8.59. The van der Waals surface area contributed by atoms with Crippen molar-refractivity contribution in [3.63, 3.8) is 0 Å². The van der Waals surface area contributed by atoms with Gasteiger partial charge in [0.15, 0.2) is 11.4 Å². The molecule has 144 valence electrons. The summed E-state index contributed by atoms with van der Waals surface area (Å²) in [7, 11) is 0. The molecule has 10 nitrogen and oxygen atoms in total. The van der Waals surface area contributed by atoms with E-state index in [9.17, 15) is 15.2 Å². The molecule has 2 aromatic heterocycles. The molecule has 1 saturated heterocycles. The summed E-state index contributed by atoms with van der Waals surface area (Å²) in [5, 5.41) is 24.2. The maximum absolute atomic E-state index is 11.7. The van der Waals surface area contributed by atoms with E-state index in [2.05, 4.69) is 16.2 Å². The average molecular weight is 375 g/mol. The topological polar surface area (TPSA) is 145 Å². The van der Waals surface area contributed by atoms with Gasteiger partial charge in [0.05, 0.1) is 11.8 Å². The lowest BCUT2D eigenvalue weighted by Gasteiger charge is -2.21. The smallest absolute Gasteiger partial charge is 0.431 e. The Kier molecular flexibility index (Phi) is 5.16. The molecule has 1 fully saturated rings. The number of nitrogen functional groups attached to an aromatic ring is 1. The van der Waals surface area contributed by atoms with Crippen LogP contribution in [0.4, 0.5) is 10.6 Å². The molecule has 2 aromatic rings. The second kappa shape index (κ2) is 7.38. The van der Waals surface area contributed by atoms with Crippen molar-refractivity contribution in [2.75, 3.05) is 12.3 Å². The predicted octanol–water partition coefficient (Wildman–Crippen LogP) is 1.13. The first kappa shape index (κ1) is 18.9. The molecule has 0 saturated carbocycles. The van der Waals surface area contributed by atoms with Gasteiger partial charge in [-0.1, -0.05) is 6.92 Å². The van der Waals surface area contributed by atoms with Crippen molar-refractivity contribution in [3.05, 3.63) is 24.2 Å². The standard InChI is InChI=1S/C17H21N5O5/c1-3-10(2)26-16(24)25-7-13-12(23)6-17(8-18,27-13)14-5-4-11-15(19)20-9-21-22(11)14/h4-5,9-10,12-13,23H,3,6-7H2,1-2H3,(H2,19,20,21)/t10-,12-,13+,17-/m0/s1. The fraction of sp³-hybridized carbons (Fsp3) is 0.529. The molecule has 1 aliphatic heterocycles. The van der Waals surface area contributed by atoms with Gasteiger partial charge >= 0.3 is 6.16 Å². The van der Waals surface area contributed by atoms with Crippen LogP contribution in [0, 0.1) is 11.3 Å². The summed E-state index contributed by atoms with van der Waals surface area (Å²) < 4.78 is 17.3. The first-order valence-corrected chi connectivity index (χ1v) is 8.59. The number of aliphatic hydroxyl groups is 1. The van der Waals surface area contributed by atoms with E-state index in [0.29, 0.717) is 17.6 Å². The predicted molar refractivity (Wildman–Crippen MR) is 92.4 cm³/mol. The maximum atomic E-state index is 11.7. The number of nitriles is 1. The van der Waals surface area contributed by atoms with Crippen LogP contribution in [0.5, 0.6) is 0 Å². The van der Waals surface area contributed by atoms with Crippen LogP contribution in [0.3, 0.4) is 0 Å². The zero-order valence-electron chi connectivity index (χ0n) is 15.0. The quantitative estimate of drug-likeness (QED) is 0.734. The van der Waals surface area contributed by atoms with Crippen LogP contribution in [0.2, 0.25) is 0 Å². The Morgan fingerprint density at radius 1 is 1.63 bits per heavy atom. The van der Waals surface area contributed by atoms with Gasteiger partial charge in [-0.05, 0) is 25.5 Å². The number of aromatic nitrogens is 3. The number of nitrogens with two attached hydrogens (primary N) is 1. The number of rotatable bonds is 5. The van der Waals surface area contributed by atoms with Crippen LogP contribution in [0.15, 0.2) is 18.5 Å². The van der Waals surface area contributed by atoms with Crippen LogP contribution < -0.4 is 5.73 Å². The largest absolute Gasteiger partial charge is 0.508 e. The van der Waals surface area contributed by atoms with Crippen molar-refractivity contribution >= 4 is 17.5 Å². The van der Waals surface area contributed by atoms with Gasteiger partial charge in [-0.2, -0.15) is 10.4 Å². The zero-order valence-corrected chi connectivity index (χ0v) is 15.0. The summed E-state index contributed by atoms with van der Waals surface area (Å²) >= 11 is 0. The highest BCUT2D eigenvalue weighted by atomic mass is 16.7. The van der Waals surface area contributed by atoms with Gasteiger partial charge < -0.3 is 25.1 Å². The lowest BCUT2D eigenvalue weighted by atomic mass is 9.96. The SMILES string of the molecule is CC[C@H](C)OC(=O)OC[C@H]1O[C@@](C#N)(c2ccc3c(N)ncnn23)C[C@@H]1O. The Morgan fingerprint density at radius 2 is 2.41 bits per heavy atom. The second-order valence-electron chi connectivity index (χ2n) is 6.43. The molecule has 0 amide bonds. The minimum atomic E-state index is -1.46. The molecular weight excluding hydrogens is 354 g/mol. The fourth-order valence-corrected chi connectivity index (χ4v) is 2.94. The van der Waals surface area contributed by atoms with Crippen LogP contribution in [0.25, 0.3) is 5.52 Å². The molecule has 0 radical (unpaired) electrons. The molecule has 10 heteroatoms. The summed E-state index contributed by atoms with van der Waals surface area (Å²) in [5.41, 5.74) is 5.31. The molecule has 0 aliphatic carbocycles. The number of aliphatic hydroxyl groups excluding tert-OH is 1. The minimum Gasteiger partial charge on any atom is -0.431 e. The Bertz CT molecular complexity index is 878. The van der Waals surface area contributed by atoms with Crippen molar-refractivity contribution in [1.82, 2.24) is 14.6 Å². The third kappa shape index (κ3) is 3.51. The van der Waals surface area contributed by atoms with E-state index < -0.39 is 24.0 Å². The molecule has 3 N–H and O–H groups in total. The van der Waals surface area contributed by atoms with Crippen LogP contribution in [-0.4, -0.2) is 50.8 Å². The van der Waals surface area contributed by atoms with Crippen molar-refractivity contribution in [2.24, 2.45) is 0 Å². The first-order chi connectivity index (χ1) is 12.9. The summed E-state index contributed by atoms with van der Waals surface area (Å²) in [6, 6.07) is 5.43. The minimum absolute atomic E-state index is 0.00599. The van der Waals surface area contributed by atoms with Crippen molar-refractivity contribution < 1.29 is 24.1 Å². The summed E-state index contributed by atoms with van der Waals surface area (Å²) in [4.78, 5) is 15.6. The number of nitrogens with zero attached hydrogens (tertiary/aromatic N) is 4. The van der Waals surface area contributed by atoms with Crippen molar-refractivity contribution in [2.45, 2.75) is 50.6 Å². The van der Waals surface area contributed by atoms with Crippen LogP contribution in [-0.2, 0) is 19.8 Å². The highest BCUT2D eigenvalue weighted by Crippen LogP contribution is 2.40. The molecule has 3 rings (SSSR count). The summed E-state index contributed by atoms with van der Waals surface area (Å²) in [6.45, 7) is 3.38. The van der Waals surface area contributed by atoms with E-state index in [0.717, 1.165) is 0 Å². The molecule has 3 heterocycles. The third-order valence-electron chi connectivity index (χ3n) is 4.59. The number of hydrogen-bond acceptors (Lipinski definition) is 9. The lowest BCUT2D eigenvalue weighted by Crippen LogP contribution is -2.30. The monoisotopic (exact) mass is 375 g/mol. The number of anilines is 1. The van der Waals surface area contributed by atoms with E-state index in [1.54, 1.807) is 19.1 Å². The molecule has 27 heavy (non-hydrogen) atoms. The highest BCUT2D eigenvalue weighted by molar-refractivity contribution is 5.66. The molecule has 0 unspecified atom stereocenters. The van der Waals surface area contributed by atoms with Crippen molar-refractivity contribution in [3.8, 4) is 6.07 Å². The highest BCUT2D eigenvalue weighted by Gasteiger charge is 2.50. The number of carbonyl (C=O) groups is 1. The van der Waals surface area contributed by atoms with Gasteiger partial charge in [-0.15, -0.1) is 0 Å². The fourth-order valence-electron chi connectivity index (χ4n) is 2.94. The number of carbonyl (C=O) groups excluding carboxylic acids is 1. The van der Waals surface area contributed by atoms with Gasteiger partial charge in [0.1, 0.15) is 36.7 Å². The number of hydrogen-bond donors (Lipinski definition) is 2. The summed E-state index contributed by atoms with van der Waals surface area (Å²) in [5.74, 6) is 0.260. The number of ether oxygens (including phenoxy) is 3. The van der Waals surface area contributed by atoms with Gasteiger partial charge in [-0.25, -0.2) is 14.3 Å². The molecule has 1 aliphatic rings. The van der Waals surface area contributed by atoms with Gasteiger partial charge in [-0.3, -0.25) is 0 Å². The van der Waals surface area contributed by atoms with Gasteiger partial charge in [0.25, 0.3) is 0 Å². The zero-order chi connectivity index (χ0) is 19.6. The van der Waals surface area contributed by atoms with Gasteiger partial charge in [0.2, 0.25) is 0 Å². The lowest BCUT2D eigenvalue weighted by molar-refractivity contribution is -0.0672. The van der Waals surface area contributed by atoms with Crippen LogP contribution in [0.1, 0.15) is 32.4 Å². The van der Waals surface area contributed by atoms with Gasteiger partial charge in [0, 0.05) is 6.42 Å². The Morgan fingerprint density at radius 3 is 3.11 bits per heavy atom. The van der Waals surface area contributed by atoms with E-state index in [1.807, 2.05) is 6.92 Å². The normalized spacial score (nSPS) is 25.9. The Labute approximate surface area is 155 Å². The van der Waals surface area contributed by atoms with E-state index >= 15 is 0 Å². The average Bonchev–Trinajstić information content (AvgIpc) is 3.23. The second-order valence-corrected chi connectivity index (χ2v) is 6.43. The van der Waals surface area contributed by atoms with Crippen LogP contribution >= 0.6 is 0 Å². The molecule has 0 spiro atoms. The molecule has 0 bridgehead atoms. The number of fused-ring (bicyclic) bond motifs is 1. The summed E-state index contributed by atoms with van der Waals surface area (Å²) in [6.07, 6.45) is -1.08. The molecule has 0 aromatic carbocycles. The third-order valence-corrected chi connectivity index (χ3v) is 4.59. The van der Waals surface area contributed by atoms with E-state index in [-0.39, 0.29) is 24.9 Å².